The molecule has 0 radical (unpaired) electrons. The number of carbonyl (C=O) groups excluding carboxylic acids is 1. The Morgan fingerprint density at radius 1 is 1.05 bits per heavy atom. The summed E-state index contributed by atoms with van der Waals surface area (Å²) < 4.78 is 5.03. The van der Waals surface area contributed by atoms with Gasteiger partial charge in [-0.05, 0) is 36.6 Å². The molecule has 1 unspecified atom stereocenters. The van der Waals surface area contributed by atoms with Crippen LogP contribution in [-0.4, -0.2) is 12.6 Å². The van der Waals surface area contributed by atoms with Crippen LogP contribution in [0.3, 0.4) is 0 Å². The number of hydrogen-bond acceptors (Lipinski definition) is 2. The fourth-order valence-corrected chi connectivity index (χ4v) is 2.28. The van der Waals surface area contributed by atoms with Gasteiger partial charge in [0, 0.05) is 11.1 Å². The Labute approximate surface area is 132 Å². The van der Waals surface area contributed by atoms with E-state index in [1.165, 1.54) is 0 Å². The normalized spacial score (nSPS) is 11.2. The lowest BCUT2D eigenvalue weighted by Crippen LogP contribution is -2.09. The summed E-state index contributed by atoms with van der Waals surface area (Å²) in [6.07, 6.45) is 0.373. The Bertz CT molecular complexity index is 678. The second-order valence-corrected chi connectivity index (χ2v) is 5.11. The summed E-state index contributed by atoms with van der Waals surface area (Å²) in [5, 5.41) is 0. The van der Waals surface area contributed by atoms with Crippen LogP contribution in [0, 0.1) is 11.8 Å². The molecule has 0 spiro atoms. The zero-order valence-corrected chi connectivity index (χ0v) is 13.0. The van der Waals surface area contributed by atoms with E-state index in [9.17, 15) is 4.79 Å². The van der Waals surface area contributed by atoms with Crippen LogP contribution in [0.1, 0.15) is 42.9 Å². The van der Waals surface area contributed by atoms with Gasteiger partial charge in [-0.15, -0.1) is 0 Å². The van der Waals surface area contributed by atoms with E-state index in [4.69, 9.17) is 4.74 Å². The predicted octanol–water partition coefficient (Wildman–Crippen LogP) is 4.14. The molecule has 0 amide bonds. The summed E-state index contributed by atoms with van der Waals surface area (Å²) in [5.41, 5.74) is 3.03. The second kappa shape index (κ2) is 8.05. The van der Waals surface area contributed by atoms with Crippen LogP contribution in [0.5, 0.6) is 0 Å². The minimum atomic E-state index is -0.166. The molecular formula is C20H20O2. The smallest absolute Gasteiger partial charge is 0.306 e. The van der Waals surface area contributed by atoms with Crippen LogP contribution in [0.4, 0.5) is 0 Å². The second-order valence-electron chi connectivity index (χ2n) is 5.11. The first-order valence-corrected chi connectivity index (χ1v) is 7.52. The van der Waals surface area contributed by atoms with E-state index in [0.29, 0.717) is 13.0 Å². The lowest BCUT2D eigenvalue weighted by molar-refractivity contribution is -0.143. The van der Waals surface area contributed by atoms with E-state index in [0.717, 1.165) is 16.7 Å². The number of esters is 1. The Hall–Kier alpha value is -2.53. The molecule has 1 atom stereocenters. The molecule has 22 heavy (non-hydrogen) atoms. The van der Waals surface area contributed by atoms with Crippen molar-refractivity contribution in [2.75, 3.05) is 6.61 Å². The maximum absolute atomic E-state index is 11.7. The highest BCUT2D eigenvalue weighted by Crippen LogP contribution is 2.23. The van der Waals surface area contributed by atoms with Crippen molar-refractivity contribution < 1.29 is 9.53 Å². The van der Waals surface area contributed by atoms with Gasteiger partial charge in [0.1, 0.15) is 0 Å². The fraction of sp³-hybridized carbons (Fsp3) is 0.250. The summed E-state index contributed by atoms with van der Waals surface area (Å²) in [7, 11) is 0. The highest BCUT2D eigenvalue weighted by atomic mass is 16.5. The quantitative estimate of drug-likeness (QED) is 0.625. The maximum Gasteiger partial charge on any atom is 0.306 e. The van der Waals surface area contributed by atoms with E-state index >= 15 is 0 Å². The van der Waals surface area contributed by atoms with Crippen molar-refractivity contribution in [3.05, 3.63) is 71.3 Å². The van der Waals surface area contributed by atoms with Crippen LogP contribution >= 0.6 is 0 Å². The largest absolute Gasteiger partial charge is 0.466 e. The number of carbonyl (C=O) groups is 1. The van der Waals surface area contributed by atoms with E-state index in [1.54, 1.807) is 0 Å². The first-order valence-electron chi connectivity index (χ1n) is 7.52. The highest BCUT2D eigenvalue weighted by molar-refractivity contribution is 5.70. The zero-order chi connectivity index (χ0) is 15.8. The van der Waals surface area contributed by atoms with Gasteiger partial charge in [-0.2, -0.15) is 0 Å². The summed E-state index contributed by atoms with van der Waals surface area (Å²) in [6.45, 7) is 4.27. The molecular weight excluding hydrogens is 272 g/mol. The number of rotatable bonds is 4. The molecule has 2 aromatic rings. The van der Waals surface area contributed by atoms with Crippen molar-refractivity contribution in [2.24, 2.45) is 0 Å². The Kier molecular flexibility index (Phi) is 5.80. The summed E-state index contributed by atoms with van der Waals surface area (Å²) in [6, 6.07) is 17.8. The first kappa shape index (κ1) is 15.9. The molecule has 2 heteroatoms. The highest BCUT2D eigenvalue weighted by Gasteiger charge is 2.14. The van der Waals surface area contributed by atoms with Gasteiger partial charge < -0.3 is 4.74 Å². The molecule has 0 aliphatic carbocycles. The summed E-state index contributed by atoms with van der Waals surface area (Å²) in [4.78, 5) is 11.7. The third-order valence-electron chi connectivity index (χ3n) is 3.39. The Morgan fingerprint density at radius 2 is 1.73 bits per heavy atom. The van der Waals surface area contributed by atoms with Gasteiger partial charge in [-0.3, -0.25) is 4.79 Å². The molecule has 2 nitrogen and oxygen atoms in total. The number of ether oxygens (including phenoxy) is 1. The van der Waals surface area contributed by atoms with Gasteiger partial charge in [-0.1, -0.05) is 55.2 Å². The third-order valence-corrected chi connectivity index (χ3v) is 3.39. The van der Waals surface area contributed by atoms with Crippen LogP contribution < -0.4 is 0 Å². The van der Waals surface area contributed by atoms with Crippen molar-refractivity contribution in [1.29, 1.82) is 0 Å². The molecule has 0 aromatic heterocycles. The average molecular weight is 292 g/mol. The van der Waals surface area contributed by atoms with E-state index in [1.807, 2.05) is 68.4 Å². The monoisotopic (exact) mass is 292 g/mol. The molecule has 0 fully saturated rings. The van der Waals surface area contributed by atoms with Crippen molar-refractivity contribution in [3.63, 3.8) is 0 Å². The van der Waals surface area contributed by atoms with Gasteiger partial charge >= 0.3 is 5.97 Å². The zero-order valence-electron chi connectivity index (χ0n) is 13.0. The van der Waals surface area contributed by atoms with Crippen LogP contribution in [0.25, 0.3) is 0 Å². The molecule has 0 saturated carbocycles. The van der Waals surface area contributed by atoms with Crippen LogP contribution in [-0.2, 0) is 9.53 Å². The molecule has 0 aliphatic heterocycles. The average Bonchev–Trinajstić information content (AvgIpc) is 2.54. The summed E-state index contributed by atoms with van der Waals surface area (Å²) >= 11 is 0. The number of benzene rings is 2. The van der Waals surface area contributed by atoms with Gasteiger partial charge in [0.2, 0.25) is 0 Å². The molecule has 2 aromatic carbocycles. The molecule has 0 bridgehead atoms. The van der Waals surface area contributed by atoms with Gasteiger partial charge in [0.15, 0.2) is 0 Å². The van der Waals surface area contributed by atoms with E-state index < -0.39 is 0 Å². The molecule has 0 heterocycles. The van der Waals surface area contributed by atoms with E-state index in [-0.39, 0.29) is 11.9 Å². The van der Waals surface area contributed by atoms with Crippen LogP contribution in [0.2, 0.25) is 0 Å². The Balaban J connectivity index is 2.20. The van der Waals surface area contributed by atoms with E-state index in [2.05, 4.69) is 11.8 Å². The maximum atomic E-state index is 11.7. The Morgan fingerprint density at radius 3 is 2.45 bits per heavy atom. The van der Waals surface area contributed by atoms with Crippen LogP contribution in [0.15, 0.2) is 54.6 Å². The van der Waals surface area contributed by atoms with Gasteiger partial charge in [0.25, 0.3) is 0 Å². The topological polar surface area (TPSA) is 26.3 Å². The molecule has 2 rings (SSSR count). The predicted molar refractivity (Wildman–Crippen MR) is 88.5 cm³/mol. The standard InChI is InChI=1S/C20H20O2/c1-3-22-20(21)15-16(2)19-12-8-7-11-18(19)14-13-17-9-5-4-6-10-17/h4-12,16H,3,15H2,1-2H3. The van der Waals surface area contributed by atoms with Crippen molar-refractivity contribution in [3.8, 4) is 11.8 Å². The van der Waals surface area contributed by atoms with Crippen molar-refractivity contribution >= 4 is 5.97 Å². The van der Waals surface area contributed by atoms with Crippen molar-refractivity contribution in [2.45, 2.75) is 26.2 Å². The fourth-order valence-electron chi connectivity index (χ4n) is 2.28. The third kappa shape index (κ3) is 4.49. The SMILES string of the molecule is CCOC(=O)CC(C)c1ccccc1C#Cc1ccccc1. The lowest BCUT2D eigenvalue weighted by atomic mass is 9.93. The molecule has 112 valence electrons. The first-order chi connectivity index (χ1) is 10.7. The molecule has 0 N–H and O–H groups in total. The van der Waals surface area contributed by atoms with Gasteiger partial charge in [-0.25, -0.2) is 0 Å². The lowest BCUT2D eigenvalue weighted by Gasteiger charge is -2.13. The summed E-state index contributed by atoms with van der Waals surface area (Å²) in [5.74, 6) is 6.30. The van der Waals surface area contributed by atoms with Gasteiger partial charge in [0.05, 0.1) is 13.0 Å². The minimum Gasteiger partial charge on any atom is -0.466 e. The number of hydrogen-bond donors (Lipinski definition) is 0. The minimum absolute atomic E-state index is 0.0836. The molecule has 0 saturated heterocycles. The van der Waals surface area contributed by atoms with Crippen molar-refractivity contribution in [1.82, 2.24) is 0 Å². The molecule has 0 aliphatic rings.